The van der Waals surface area contributed by atoms with Gasteiger partial charge in [-0.3, -0.25) is 4.79 Å². The van der Waals surface area contributed by atoms with E-state index in [1.165, 1.54) is 12.1 Å². The fourth-order valence-electron chi connectivity index (χ4n) is 2.72. The van der Waals surface area contributed by atoms with E-state index in [1.807, 2.05) is 20.8 Å². The van der Waals surface area contributed by atoms with Gasteiger partial charge in [-0.25, -0.2) is 13.4 Å². The third-order valence-electron chi connectivity index (χ3n) is 4.19. The lowest BCUT2D eigenvalue weighted by molar-refractivity contribution is 0.0727. The molecule has 7 heteroatoms. The first-order chi connectivity index (χ1) is 11.6. The maximum Gasteiger partial charge on any atom is 0.254 e. The molecule has 0 radical (unpaired) electrons. The van der Waals surface area contributed by atoms with Crippen molar-refractivity contribution in [1.29, 1.82) is 0 Å². The molecule has 1 aromatic heterocycles. The van der Waals surface area contributed by atoms with Crippen LogP contribution in [0.3, 0.4) is 0 Å². The molecule has 6 nitrogen and oxygen atoms in total. The van der Waals surface area contributed by atoms with Crippen LogP contribution in [-0.2, 0) is 28.2 Å². The number of carbonyl (C=O) groups is 1. The summed E-state index contributed by atoms with van der Waals surface area (Å²) in [6.45, 7) is 7.07. The van der Waals surface area contributed by atoms with E-state index >= 15 is 0 Å². The molecule has 0 spiro atoms. The van der Waals surface area contributed by atoms with Gasteiger partial charge in [0.1, 0.15) is 11.5 Å². The molecule has 0 aliphatic carbocycles. The summed E-state index contributed by atoms with van der Waals surface area (Å²) in [7, 11) is -3.27. The predicted octanol–water partition coefficient (Wildman–Crippen LogP) is 2.57. The zero-order valence-corrected chi connectivity index (χ0v) is 15.7. The Labute approximate surface area is 147 Å². The van der Waals surface area contributed by atoms with Crippen LogP contribution >= 0.6 is 0 Å². The van der Waals surface area contributed by atoms with Crippen LogP contribution in [0.15, 0.2) is 33.6 Å². The topological polar surface area (TPSA) is 80.5 Å². The molecule has 0 N–H and O–H groups in total. The van der Waals surface area contributed by atoms with Crippen molar-refractivity contribution in [2.75, 3.05) is 12.8 Å². The minimum absolute atomic E-state index is 0.133. The minimum Gasteiger partial charge on any atom is -0.445 e. The van der Waals surface area contributed by atoms with Crippen LogP contribution in [0.1, 0.15) is 48.5 Å². The summed E-state index contributed by atoms with van der Waals surface area (Å²) in [4.78, 5) is 19.2. The van der Waals surface area contributed by atoms with Gasteiger partial charge in [-0.1, -0.05) is 20.8 Å². The number of sulfone groups is 1. The number of aromatic nitrogens is 1. The third-order valence-corrected chi connectivity index (χ3v) is 5.31. The molecule has 0 fully saturated rings. The first kappa shape index (κ1) is 17.7. The lowest BCUT2D eigenvalue weighted by Crippen LogP contribution is -2.35. The second-order valence-electron chi connectivity index (χ2n) is 7.41. The van der Waals surface area contributed by atoms with Crippen molar-refractivity contribution in [2.45, 2.75) is 44.0 Å². The number of rotatable bonds is 2. The Morgan fingerprint density at radius 1 is 1.20 bits per heavy atom. The first-order valence-corrected chi connectivity index (χ1v) is 10.0. The zero-order chi connectivity index (χ0) is 18.4. The summed E-state index contributed by atoms with van der Waals surface area (Å²) >= 11 is 0. The van der Waals surface area contributed by atoms with Gasteiger partial charge < -0.3 is 9.32 Å². The van der Waals surface area contributed by atoms with E-state index in [2.05, 4.69) is 4.98 Å². The third kappa shape index (κ3) is 3.61. The number of nitrogens with zero attached hydrogens (tertiary/aromatic N) is 2. The number of oxazole rings is 1. The van der Waals surface area contributed by atoms with E-state index in [0.717, 1.165) is 17.7 Å². The summed E-state index contributed by atoms with van der Waals surface area (Å²) in [5.41, 5.74) is 1.10. The van der Waals surface area contributed by atoms with Crippen molar-refractivity contribution in [3.63, 3.8) is 0 Å². The quantitative estimate of drug-likeness (QED) is 0.820. The van der Waals surface area contributed by atoms with Gasteiger partial charge in [0.2, 0.25) is 0 Å². The molecular weight excluding hydrogens is 340 g/mol. The number of hydrogen-bond acceptors (Lipinski definition) is 5. The maximum absolute atomic E-state index is 12.7. The number of amides is 1. The van der Waals surface area contributed by atoms with Gasteiger partial charge in [0.25, 0.3) is 5.91 Å². The smallest absolute Gasteiger partial charge is 0.254 e. The Kier molecular flexibility index (Phi) is 4.23. The van der Waals surface area contributed by atoms with E-state index in [0.29, 0.717) is 31.0 Å². The molecule has 0 saturated carbocycles. The summed E-state index contributed by atoms with van der Waals surface area (Å²) in [6, 6.07) is 6.03. The van der Waals surface area contributed by atoms with Crippen molar-refractivity contribution < 1.29 is 17.6 Å². The van der Waals surface area contributed by atoms with E-state index in [9.17, 15) is 13.2 Å². The Hall–Kier alpha value is -2.15. The van der Waals surface area contributed by atoms with Crippen LogP contribution in [0, 0.1) is 0 Å². The van der Waals surface area contributed by atoms with Crippen molar-refractivity contribution in [3.05, 3.63) is 47.2 Å². The molecule has 3 rings (SSSR count). The van der Waals surface area contributed by atoms with Crippen LogP contribution in [-0.4, -0.2) is 37.0 Å². The first-order valence-electron chi connectivity index (χ1n) is 8.14. The van der Waals surface area contributed by atoms with E-state index < -0.39 is 9.84 Å². The molecule has 2 heterocycles. The number of carbonyl (C=O) groups excluding carboxylic acids is 1. The van der Waals surface area contributed by atoms with Gasteiger partial charge in [-0.2, -0.15) is 0 Å². The van der Waals surface area contributed by atoms with Gasteiger partial charge in [0.05, 0.1) is 11.4 Å². The molecule has 0 bridgehead atoms. The van der Waals surface area contributed by atoms with Gasteiger partial charge in [-0.15, -0.1) is 0 Å². The number of hydrogen-bond donors (Lipinski definition) is 0. The average molecular weight is 362 g/mol. The molecule has 134 valence electrons. The Balaban J connectivity index is 1.79. The summed E-state index contributed by atoms with van der Waals surface area (Å²) in [5, 5.41) is 0. The zero-order valence-electron chi connectivity index (χ0n) is 14.9. The van der Waals surface area contributed by atoms with Crippen molar-refractivity contribution >= 4 is 15.7 Å². The van der Waals surface area contributed by atoms with Crippen LogP contribution in [0.25, 0.3) is 0 Å². The Bertz CT molecular complexity index is 906. The molecule has 2 aromatic rings. The highest BCUT2D eigenvalue weighted by atomic mass is 32.2. The van der Waals surface area contributed by atoms with E-state index in [-0.39, 0.29) is 16.2 Å². The Morgan fingerprint density at radius 2 is 1.84 bits per heavy atom. The lowest BCUT2D eigenvalue weighted by atomic mass is 9.97. The molecule has 1 amide bonds. The van der Waals surface area contributed by atoms with Crippen molar-refractivity contribution in [3.8, 4) is 0 Å². The SMILES string of the molecule is CC(C)(C)c1nc2c(o1)CCN(C(=O)c1ccc(S(C)(=O)=O)cc1)C2. The largest absolute Gasteiger partial charge is 0.445 e. The number of benzene rings is 1. The molecule has 1 aromatic carbocycles. The molecule has 0 saturated heterocycles. The fourth-order valence-corrected chi connectivity index (χ4v) is 3.35. The molecular formula is C18H22N2O4S. The van der Waals surface area contributed by atoms with Crippen LogP contribution in [0.2, 0.25) is 0 Å². The normalized spacial score (nSPS) is 15.1. The highest BCUT2D eigenvalue weighted by molar-refractivity contribution is 7.90. The summed E-state index contributed by atoms with van der Waals surface area (Å²) < 4.78 is 28.9. The monoisotopic (exact) mass is 362 g/mol. The molecule has 0 unspecified atom stereocenters. The highest BCUT2D eigenvalue weighted by Crippen LogP contribution is 2.28. The van der Waals surface area contributed by atoms with Crippen LogP contribution in [0.4, 0.5) is 0 Å². The summed E-state index contributed by atoms with van der Waals surface area (Å²) in [6.07, 6.45) is 1.78. The Morgan fingerprint density at radius 3 is 2.40 bits per heavy atom. The predicted molar refractivity (Wildman–Crippen MR) is 93.2 cm³/mol. The second-order valence-corrected chi connectivity index (χ2v) is 9.43. The number of fused-ring (bicyclic) bond motifs is 1. The standard InChI is InChI=1S/C18H22N2O4S/c1-18(2,3)17-19-14-11-20(10-9-15(14)24-17)16(21)12-5-7-13(8-6-12)25(4,22)23/h5-8H,9-11H2,1-4H3. The van der Waals surface area contributed by atoms with Gasteiger partial charge >= 0.3 is 0 Å². The van der Waals surface area contributed by atoms with E-state index in [4.69, 9.17) is 4.42 Å². The maximum atomic E-state index is 12.7. The van der Waals surface area contributed by atoms with E-state index in [1.54, 1.807) is 17.0 Å². The van der Waals surface area contributed by atoms with Gasteiger partial charge in [0, 0.05) is 30.2 Å². The molecule has 1 aliphatic rings. The minimum atomic E-state index is -3.27. The average Bonchev–Trinajstić information content (AvgIpc) is 2.97. The van der Waals surface area contributed by atoms with Crippen molar-refractivity contribution in [1.82, 2.24) is 9.88 Å². The lowest BCUT2D eigenvalue weighted by Gasteiger charge is -2.25. The summed E-state index contributed by atoms with van der Waals surface area (Å²) in [5.74, 6) is 1.40. The van der Waals surface area contributed by atoms with Crippen molar-refractivity contribution in [2.24, 2.45) is 0 Å². The van der Waals surface area contributed by atoms with Gasteiger partial charge in [-0.05, 0) is 24.3 Å². The fraction of sp³-hybridized carbons (Fsp3) is 0.444. The van der Waals surface area contributed by atoms with Crippen LogP contribution < -0.4 is 0 Å². The molecule has 0 atom stereocenters. The second kappa shape index (κ2) is 5.98. The van der Waals surface area contributed by atoms with Crippen LogP contribution in [0.5, 0.6) is 0 Å². The highest BCUT2D eigenvalue weighted by Gasteiger charge is 2.29. The molecule has 25 heavy (non-hydrogen) atoms. The van der Waals surface area contributed by atoms with Gasteiger partial charge in [0.15, 0.2) is 15.7 Å². The molecule has 1 aliphatic heterocycles.